The fourth-order valence-electron chi connectivity index (χ4n) is 2.37. The molecule has 1 atom stereocenters. The Hall–Kier alpha value is -1.03. The van der Waals surface area contributed by atoms with Gasteiger partial charge in [-0.15, -0.1) is 0 Å². The number of carbonyl (C=O) groups is 1. The highest BCUT2D eigenvalue weighted by Crippen LogP contribution is 2.32. The van der Waals surface area contributed by atoms with Gasteiger partial charge in [0.15, 0.2) is 0 Å². The van der Waals surface area contributed by atoms with Crippen molar-refractivity contribution >= 4 is 22.0 Å². The summed E-state index contributed by atoms with van der Waals surface area (Å²) in [6, 6.07) is 6.30. The minimum absolute atomic E-state index is 0.0618. The number of carbonyl (C=O) groups excluding carboxylic acids is 1. The van der Waals surface area contributed by atoms with Crippen molar-refractivity contribution < 1.29 is 9.53 Å². The van der Waals surface area contributed by atoms with E-state index in [1.165, 1.54) is 11.1 Å². The lowest BCUT2D eigenvalue weighted by Gasteiger charge is -2.36. The van der Waals surface area contributed by atoms with Crippen LogP contribution in [0.4, 0.5) is 4.79 Å². The Morgan fingerprint density at radius 3 is 2.74 bits per heavy atom. The summed E-state index contributed by atoms with van der Waals surface area (Å²) in [5.74, 6) is 0. The van der Waals surface area contributed by atoms with Gasteiger partial charge in [0.1, 0.15) is 5.60 Å². The van der Waals surface area contributed by atoms with E-state index in [0.29, 0.717) is 6.54 Å². The Morgan fingerprint density at radius 1 is 1.42 bits per heavy atom. The minimum Gasteiger partial charge on any atom is -0.444 e. The zero-order chi connectivity index (χ0) is 14.2. The number of nitrogens with zero attached hydrogens (tertiary/aromatic N) is 1. The van der Waals surface area contributed by atoms with Crippen molar-refractivity contribution in [2.45, 2.75) is 45.8 Å². The van der Waals surface area contributed by atoms with Crippen molar-refractivity contribution in [2.24, 2.45) is 0 Å². The second-order valence-electron chi connectivity index (χ2n) is 5.94. The molecule has 0 fully saturated rings. The Morgan fingerprint density at radius 2 is 2.11 bits per heavy atom. The van der Waals surface area contributed by atoms with Crippen LogP contribution in [0.2, 0.25) is 0 Å². The minimum atomic E-state index is -0.448. The second kappa shape index (κ2) is 5.16. The molecular formula is C15H20BrNO2. The van der Waals surface area contributed by atoms with Crippen LogP contribution in [0, 0.1) is 0 Å². The normalized spacial score (nSPS) is 19.0. The molecule has 1 aliphatic rings. The molecule has 0 radical (unpaired) electrons. The van der Waals surface area contributed by atoms with Crippen molar-refractivity contribution in [3.05, 3.63) is 33.8 Å². The summed E-state index contributed by atoms with van der Waals surface area (Å²) in [5.41, 5.74) is 2.07. The van der Waals surface area contributed by atoms with Gasteiger partial charge in [-0.05, 0) is 57.4 Å². The summed E-state index contributed by atoms with van der Waals surface area (Å²) in [6.45, 7) is 8.44. The smallest absolute Gasteiger partial charge is 0.410 e. The van der Waals surface area contributed by atoms with Crippen LogP contribution in [0.5, 0.6) is 0 Å². The van der Waals surface area contributed by atoms with E-state index in [2.05, 4.69) is 35.0 Å². The largest absolute Gasteiger partial charge is 0.444 e. The van der Waals surface area contributed by atoms with Gasteiger partial charge < -0.3 is 9.64 Å². The SMILES string of the molecule is C[C@H]1c2ccc(Br)cc2CCN1C(=O)OC(C)(C)C. The molecule has 1 aliphatic heterocycles. The van der Waals surface area contributed by atoms with Gasteiger partial charge >= 0.3 is 6.09 Å². The first kappa shape index (κ1) is 14.4. The van der Waals surface area contributed by atoms with Crippen LogP contribution in [0.3, 0.4) is 0 Å². The highest BCUT2D eigenvalue weighted by atomic mass is 79.9. The zero-order valence-electron chi connectivity index (χ0n) is 11.9. The van der Waals surface area contributed by atoms with Gasteiger partial charge in [-0.25, -0.2) is 4.79 Å². The first-order valence-electron chi connectivity index (χ1n) is 6.56. The quantitative estimate of drug-likeness (QED) is 0.711. The average Bonchev–Trinajstić information content (AvgIpc) is 2.26. The molecule has 1 heterocycles. The van der Waals surface area contributed by atoms with E-state index in [-0.39, 0.29) is 12.1 Å². The molecule has 0 saturated heterocycles. The third-order valence-electron chi connectivity index (χ3n) is 3.27. The molecule has 0 spiro atoms. The van der Waals surface area contributed by atoms with Crippen LogP contribution in [0.15, 0.2) is 22.7 Å². The average molecular weight is 326 g/mol. The summed E-state index contributed by atoms with van der Waals surface area (Å²) in [7, 11) is 0. The maximum atomic E-state index is 12.2. The molecule has 0 unspecified atom stereocenters. The molecule has 19 heavy (non-hydrogen) atoms. The Balaban J connectivity index is 2.19. The lowest BCUT2D eigenvalue weighted by atomic mass is 9.94. The fourth-order valence-corrected chi connectivity index (χ4v) is 2.78. The summed E-state index contributed by atoms with van der Waals surface area (Å²) in [5, 5.41) is 0. The van der Waals surface area contributed by atoms with Crippen molar-refractivity contribution in [1.29, 1.82) is 0 Å². The predicted molar refractivity (Wildman–Crippen MR) is 79.2 cm³/mol. The Bertz CT molecular complexity index is 493. The van der Waals surface area contributed by atoms with E-state index in [0.717, 1.165) is 10.9 Å². The van der Waals surface area contributed by atoms with Crippen molar-refractivity contribution in [1.82, 2.24) is 4.90 Å². The molecule has 0 bridgehead atoms. The number of amides is 1. The molecule has 0 N–H and O–H groups in total. The van der Waals surface area contributed by atoms with E-state index < -0.39 is 5.60 Å². The number of hydrogen-bond acceptors (Lipinski definition) is 2. The second-order valence-corrected chi connectivity index (χ2v) is 6.86. The zero-order valence-corrected chi connectivity index (χ0v) is 13.5. The number of hydrogen-bond donors (Lipinski definition) is 0. The molecule has 4 heteroatoms. The van der Waals surface area contributed by atoms with E-state index in [1.54, 1.807) is 0 Å². The maximum Gasteiger partial charge on any atom is 0.410 e. The van der Waals surface area contributed by atoms with Crippen molar-refractivity contribution in [2.75, 3.05) is 6.54 Å². The molecule has 1 amide bonds. The standard InChI is InChI=1S/C15H20BrNO2/c1-10-13-6-5-12(16)9-11(13)7-8-17(10)14(18)19-15(2,3)4/h5-6,9-10H,7-8H2,1-4H3/t10-/m0/s1. The van der Waals surface area contributed by atoms with Crippen LogP contribution < -0.4 is 0 Å². The van der Waals surface area contributed by atoms with Gasteiger partial charge in [0, 0.05) is 11.0 Å². The van der Waals surface area contributed by atoms with Crippen LogP contribution in [0.1, 0.15) is 44.9 Å². The molecule has 1 aromatic rings. The monoisotopic (exact) mass is 325 g/mol. The van der Waals surface area contributed by atoms with Crippen molar-refractivity contribution in [3.63, 3.8) is 0 Å². The van der Waals surface area contributed by atoms with Gasteiger partial charge in [-0.2, -0.15) is 0 Å². The Labute approximate surface area is 123 Å². The number of fused-ring (bicyclic) bond motifs is 1. The Kier molecular flexibility index (Phi) is 3.90. The van der Waals surface area contributed by atoms with Crippen LogP contribution >= 0.6 is 15.9 Å². The van der Waals surface area contributed by atoms with Crippen molar-refractivity contribution in [3.8, 4) is 0 Å². The molecular weight excluding hydrogens is 306 g/mol. The van der Waals surface area contributed by atoms with Gasteiger partial charge in [-0.3, -0.25) is 0 Å². The van der Waals surface area contributed by atoms with E-state index in [1.807, 2.05) is 31.7 Å². The van der Waals surface area contributed by atoms with Gasteiger partial charge in [-0.1, -0.05) is 22.0 Å². The van der Waals surface area contributed by atoms with Gasteiger partial charge in [0.05, 0.1) is 6.04 Å². The predicted octanol–water partition coefficient (Wildman–Crippen LogP) is 4.30. The van der Waals surface area contributed by atoms with Crippen LogP contribution in [0.25, 0.3) is 0 Å². The highest BCUT2D eigenvalue weighted by molar-refractivity contribution is 9.10. The molecule has 104 valence electrons. The summed E-state index contributed by atoms with van der Waals surface area (Å²) in [4.78, 5) is 14.0. The number of ether oxygens (including phenoxy) is 1. The van der Waals surface area contributed by atoms with Crippen LogP contribution in [-0.2, 0) is 11.2 Å². The van der Waals surface area contributed by atoms with Crippen LogP contribution in [-0.4, -0.2) is 23.1 Å². The first-order chi connectivity index (χ1) is 8.78. The lowest BCUT2D eigenvalue weighted by molar-refractivity contribution is 0.0160. The third kappa shape index (κ3) is 3.30. The maximum absolute atomic E-state index is 12.2. The summed E-state index contributed by atoms with van der Waals surface area (Å²) >= 11 is 3.49. The highest BCUT2D eigenvalue weighted by Gasteiger charge is 2.30. The number of halogens is 1. The van der Waals surface area contributed by atoms with E-state index in [4.69, 9.17) is 4.74 Å². The van der Waals surface area contributed by atoms with E-state index in [9.17, 15) is 4.79 Å². The first-order valence-corrected chi connectivity index (χ1v) is 7.35. The van der Waals surface area contributed by atoms with E-state index >= 15 is 0 Å². The summed E-state index contributed by atoms with van der Waals surface area (Å²) < 4.78 is 6.55. The molecule has 0 saturated carbocycles. The number of rotatable bonds is 0. The van der Waals surface area contributed by atoms with Gasteiger partial charge in [0.2, 0.25) is 0 Å². The fraction of sp³-hybridized carbons (Fsp3) is 0.533. The molecule has 1 aromatic carbocycles. The summed E-state index contributed by atoms with van der Waals surface area (Å²) in [6.07, 6.45) is 0.645. The number of benzene rings is 1. The molecule has 3 nitrogen and oxygen atoms in total. The molecule has 2 rings (SSSR count). The van der Waals surface area contributed by atoms with Gasteiger partial charge in [0.25, 0.3) is 0 Å². The third-order valence-corrected chi connectivity index (χ3v) is 3.77. The molecule has 0 aromatic heterocycles. The lowest BCUT2D eigenvalue weighted by Crippen LogP contribution is -2.42. The topological polar surface area (TPSA) is 29.5 Å². The molecule has 0 aliphatic carbocycles.